The number of hydrogen-bond donors (Lipinski definition) is 0. The van der Waals surface area contributed by atoms with Crippen molar-refractivity contribution in [2.45, 2.75) is 45.4 Å². The zero-order chi connectivity index (χ0) is 10.8. The Kier molecular flexibility index (Phi) is 7.90. The molecule has 14 heavy (non-hydrogen) atoms. The number of rotatable bonds is 8. The van der Waals surface area contributed by atoms with Crippen molar-refractivity contribution in [1.29, 1.82) is 0 Å². The first-order valence-corrected chi connectivity index (χ1v) is 5.22. The van der Waals surface area contributed by atoms with Gasteiger partial charge in [0.1, 0.15) is 5.76 Å². The SMILES string of the molecule is C=CC(=O)OC(=C)CCCCCCC. The molecule has 2 nitrogen and oxygen atoms in total. The predicted octanol–water partition coefficient (Wildman–Crippen LogP) is 3.59. The fraction of sp³-hybridized carbons (Fsp3) is 0.583. The van der Waals surface area contributed by atoms with E-state index in [0.717, 1.165) is 18.9 Å². The summed E-state index contributed by atoms with van der Waals surface area (Å²) in [7, 11) is 0. The predicted molar refractivity (Wildman–Crippen MR) is 58.8 cm³/mol. The van der Waals surface area contributed by atoms with Crippen LogP contribution in [0.3, 0.4) is 0 Å². The van der Waals surface area contributed by atoms with Gasteiger partial charge in [0.25, 0.3) is 0 Å². The summed E-state index contributed by atoms with van der Waals surface area (Å²) in [6.45, 7) is 9.17. The molecule has 0 saturated heterocycles. The summed E-state index contributed by atoms with van der Waals surface area (Å²) in [5.41, 5.74) is 0. The van der Waals surface area contributed by atoms with Gasteiger partial charge in [-0.3, -0.25) is 0 Å². The molecule has 0 saturated carbocycles. The highest BCUT2D eigenvalue weighted by atomic mass is 16.5. The molecule has 0 rings (SSSR count). The largest absolute Gasteiger partial charge is 0.429 e. The standard InChI is InChI=1S/C12H20O2/c1-4-6-7-8-9-10-11(3)14-12(13)5-2/h5H,2-4,6-10H2,1H3. The van der Waals surface area contributed by atoms with Crippen molar-refractivity contribution in [2.75, 3.05) is 0 Å². The van der Waals surface area contributed by atoms with Gasteiger partial charge >= 0.3 is 5.97 Å². The average Bonchev–Trinajstić information content (AvgIpc) is 2.17. The summed E-state index contributed by atoms with van der Waals surface area (Å²) in [6, 6.07) is 0. The van der Waals surface area contributed by atoms with Crippen molar-refractivity contribution in [2.24, 2.45) is 0 Å². The molecule has 2 heteroatoms. The zero-order valence-corrected chi connectivity index (χ0v) is 9.05. The van der Waals surface area contributed by atoms with Crippen molar-refractivity contribution in [3.8, 4) is 0 Å². The van der Waals surface area contributed by atoms with Crippen LogP contribution in [-0.4, -0.2) is 5.97 Å². The summed E-state index contributed by atoms with van der Waals surface area (Å²) in [5.74, 6) is 0.134. The Labute approximate surface area is 86.6 Å². The van der Waals surface area contributed by atoms with Gasteiger partial charge in [0.15, 0.2) is 0 Å². The Bertz CT molecular complexity index is 194. The third-order valence-corrected chi connectivity index (χ3v) is 1.97. The lowest BCUT2D eigenvalue weighted by Crippen LogP contribution is -1.99. The second kappa shape index (κ2) is 8.54. The summed E-state index contributed by atoms with van der Waals surface area (Å²) >= 11 is 0. The van der Waals surface area contributed by atoms with E-state index in [2.05, 4.69) is 20.1 Å². The molecule has 0 radical (unpaired) electrons. The van der Waals surface area contributed by atoms with E-state index >= 15 is 0 Å². The van der Waals surface area contributed by atoms with Crippen LogP contribution in [0, 0.1) is 0 Å². The Morgan fingerprint density at radius 2 is 1.93 bits per heavy atom. The number of carbonyl (C=O) groups is 1. The smallest absolute Gasteiger partial charge is 0.335 e. The topological polar surface area (TPSA) is 26.3 Å². The normalized spacial score (nSPS) is 9.50. The molecule has 0 N–H and O–H groups in total. The highest BCUT2D eigenvalue weighted by Gasteiger charge is 2.00. The summed E-state index contributed by atoms with van der Waals surface area (Å²) in [4.78, 5) is 10.8. The minimum absolute atomic E-state index is 0.413. The average molecular weight is 196 g/mol. The van der Waals surface area contributed by atoms with E-state index in [1.54, 1.807) is 0 Å². The maximum atomic E-state index is 10.8. The lowest BCUT2D eigenvalue weighted by atomic mass is 10.1. The lowest BCUT2D eigenvalue weighted by Gasteiger charge is -2.04. The lowest BCUT2D eigenvalue weighted by molar-refractivity contribution is -0.133. The third-order valence-electron chi connectivity index (χ3n) is 1.97. The van der Waals surface area contributed by atoms with Gasteiger partial charge < -0.3 is 4.74 Å². The molecule has 0 heterocycles. The minimum atomic E-state index is -0.413. The van der Waals surface area contributed by atoms with Gasteiger partial charge in [0.05, 0.1) is 0 Å². The second-order valence-corrected chi connectivity index (χ2v) is 3.33. The van der Waals surface area contributed by atoms with Crippen LogP contribution in [0.15, 0.2) is 25.0 Å². The molecule has 0 aromatic rings. The van der Waals surface area contributed by atoms with Crippen molar-refractivity contribution < 1.29 is 9.53 Å². The van der Waals surface area contributed by atoms with E-state index in [4.69, 9.17) is 4.74 Å². The van der Waals surface area contributed by atoms with Crippen molar-refractivity contribution in [1.82, 2.24) is 0 Å². The van der Waals surface area contributed by atoms with Crippen LogP contribution in [0.25, 0.3) is 0 Å². The van der Waals surface area contributed by atoms with Gasteiger partial charge in [-0.25, -0.2) is 4.79 Å². The maximum Gasteiger partial charge on any atom is 0.335 e. The molecule has 0 fully saturated rings. The van der Waals surface area contributed by atoms with Crippen LogP contribution >= 0.6 is 0 Å². The Balaban J connectivity index is 3.35. The third kappa shape index (κ3) is 7.59. The summed E-state index contributed by atoms with van der Waals surface area (Å²) < 4.78 is 4.85. The minimum Gasteiger partial charge on any atom is -0.429 e. The molecule has 0 aromatic heterocycles. The molecule has 0 aliphatic rings. The number of carbonyl (C=O) groups excluding carboxylic acids is 1. The molecule has 0 atom stereocenters. The molecular formula is C12H20O2. The van der Waals surface area contributed by atoms with Gasteiger partial charge in [-0.2, -0.15) is 0 Å². The Morgan fingerprint density at radius 1 is 1.29 bits per heavy atom. The molecule has 0 aliphatic heterocycles. The molecule has 0 bridgehead atoms. The highest BCUT2D eigenvalue weighted by Crippen LogP contribution is 2.10. The van der Waals surface area contributed by atoms with Crippen LogP contribution in [0.5, 0.6) is 0 Å². The monoisotopic (exact) mass is 196 g/mol. The fourth-order valence-corrected chi connectivity index (χ4v) is 1.16. The molecule has 0 aliphatic carbocycles. The first kappa shape index (κ1) is 12.9. The first-order valence-electron chi connectivity index (χ1n) is 5.22. The molecule has 0 amide bonds. The van der Waals surface area contributed by atoms with Gasteiger partial charge in [-0.05, 0) is 6.42 Å². The van der Waals surface area contributed by atoms with Gasteiger partial charge in [0, 0.05) is 12.5 Å². The number of ether oxygens (including phenoxy) is 1. The van der Waals surface area contributed by atoms with Crippen LogP contribution in [0.4, 0.5) is 0 Å². The van der Waals surface area contributed by atoms with Gasteiger partial charge in [0.2, 0.25) is 0 Å². The second-order valence-electron chi connectivity index (χ2n) is 3.33. The maximum absolute atomic E-state index is 10.8. The molecule has 0 spiro atoms. The van der Waals surface area contributed by atoms with Crippen molar-refractivity contribution >= 4 is 5.97 Å². The van der Waals surface area contributed by atoms with E-state index in [9.17, 15) is 4.79 Å². The van der Waals surface area contributed by atoms with Crippen molar-refractivity contribution in [3.63, 3.8) is 0 Å². The zero-order valence-electron chi connectivity index (χ0n) is 9.05. The number of hydrogen-bond acceptors (Lipinski definition) is 2. The quantitative estimate of drug-likeness (QED) is 0.257. The van der Waals surface area contributed by atoms with Gasteiger partial charge in [-0.1, -0.05) is 45.8 Å². The van der Waals surface area contributed by atoms with Crippen LogP contribution in [0.2, 0.25) is 0 Å². The number of allylic oxidation sites excluding steroid dienone is 1. The fourth-order valence-electron chi connectivity index (χ4n) is 1.16. The van der Waals surface area contributed by atoms with E-state index in [1.165, 1.54) is 25.7 Å². The van der Waals surface area contributed by atoms with Gasteiger partial charge in [-0.15, -0.1) is 0 Å². The molecular weight excluding hydrogens is 176 g/mol. The molecule has 80 valence electrons. The Hall–Kier alpha value is -1.05. The van der Waals surface area contributed by atoms with Crippen molar-refractivity contribution in [3.05, 3.63) is 25.0 Å². The van der Waals surface area contributed by atoms with Crippen LogP contribution in [0.1, 0.15) is 45.4 Å². The molecule has 0 aromatic carbocycles. The molecule has 0 unspecified atom stereocenters. The summed E-state index contributed by atoms with van der Waals surface area (Å²) in [6.07, 6.45) is 7.91. The Morgan fingerprint density at radius 3 is 2.50 bits per heavy atom. The van der Waals surface area contributed by atoms with E-state index in [1.807, 2.05) is 0 Å². The van der Waals surface area contributed by atoms with Crippen LogP contribution < -0.4 is 0 Å². The highest BCUT2D eigenvalue weighted by molar-refractivity contribution is 5.81. The van der Waals surface area contributed by atoms with Crippen LogP contribution in [-0.2, 0) is 9.53 Å². The number of esters is 1. The first-order chi connectivity index (χ1) is 6.70. The summed E-state index contributed by atoms with van der Waals surface area (Å²) in [5, 5.41) is 0. The van der Waals surface area contributed by atoms with E-state index < -0.39 is 5.97 Å². The van der Waals surface area contributed by atoms with E-state index in [0.29, 0.717) is 5.76 Å². The van der Waals surface area contributed by atoms with E-state index in [-0.39, 0.29) is 0 Å². The number of unbranched alkanes of at least 4 members (excludes halogenated alkanes) is 4.